The van der Waals surface area contributed by atoms with Gasteiger partial charge in [0.15, 0.2) is 0 Å². The van der Waals surface area contributed by atoms with Crippen molar-refractivity contribution in [1.29, 1.82) is 0 Å². The van der Waals surface area contributed by atoms with Crippen LogP contribution in [0.2, 0.25) is 0 Å². The lowest BCUT2D eigenvalue weighted by molar-refractivity contribution is -0.136. The second-order valence-corrected chi connectivity index (χ2v) is 4.71. The molecular formula is C14H6F3NO5. The number of carboxylic acid groups (broad SMARTS) is 1. The molecule has 0 aliphatic carbocycles. The normalized spacial score (nSPS) is 12.0. The summed E-state index contributed by atoms with van der Waals surface area (Å²) >= 11 is 0. The Labute approximate surface area is 123 Å². The third kappa shape index (κ3) is 2.35. The van der Waals surface area contributed by atoms with Crippen LogP contribution in [-0.4, -0.2) is 16.1 Å². The lowest BCUT2D eigenvalue weighted by Crippen LogP contribution is -2.16. The van der Waals surface area contributed by atoms with Crippen LogP contribution >= 0.6 is 0 Å². The summed E-state index contributed by atoms with van der Waals surface area (Å²) in [7, 11) is 0. The van der Waals surface area contributed by atoms with E-state index >= 15 is 0 Å². The van der Waals surface area contributed by atoms with E-state index in [1.165, 1.54) is 0 Å². The standard InChI is InChI=1S/C14H6F3NO5/c15-14(16,17)8-2-11(19)23-10-3-9-6(1-5(8)10)12(20)7(4-18-9)13(21)22/h1-4H,(H,18,20)(H,21,22). The van der Waals surface area contributed by atoms with Crippen LogP contribution in [0, 0.1) is 0 Å². The van der Waals surface area contributed by atoms with Crippen molar-refractivity contribution in [3.63, 3.8) is 0 Å². The molecule has 0 aliphatic heterocycles. The molecule has 0 radical (unpaired) electrons. The van der Waals surface area contributed by atoms with Crippen LogP contribution in [0.5, 0.6) is 0 Å². The Bertz CT molecular complexity index is 1080. The number of aromatic amines is 1. The van der Waals surface area contributed by atoms with Crippen LogP contribution in [0.4, 0.5) is 13.2 Å². The molecule has 0 aliphatic rings. The highest BCUT2D eigenvalue weighted by Gasteiger charge is 2.34. The maximum Gasteiger partial charge on any atom is 0.417 e. The molecule has 9 heteroatoms. The van der Waals surface area contributed by atoms with Gasteiger partial charge in [0.2, 0.25) is 5.43 Å². The number of fused-ring (bicyclic) bond motifs is 2. The van der Waals surface area contributed by atoms with Crippen molar-refractivity contribution < 1.29 is 27.5 Å². The fourth-order valence-corrected chi connectivity index (χ4v) is 2.27. The molecule has 3 rings (SSSR count). The third-order valence-electron chi connectivity index (χ3n) is 3.28. The highest BCUT2D eigenvalue weighted by Crippen LogP contribution is 2.34. The summed E-state index contributed by atoms with van der Waals surface area (Å²) in [5, 5.41) is 8.14. The first-order valence-electron chi connectivity index (χ1n) is 6.12. The van der Waals surface area contributed by atoms with E-state index in [1.54, 1.807) is 0 Å². The van der Waals surface area contributed by atoms with E-state index in [1.807, 2.05) is 0 Å². The van der Waals surface area contributed by atoms with E-state index < -0.39 is 39.7 Å². The lowest BCUT2D eigenvalue weighted by Gasteiger charge is -2.10. The number of pyridine rings is 1. The zero-order chi connectivity index (χ0) is 16.9. The number of aromatic nitrogens is 1. The van der Waals surface area contributed by atoms with Gasteiger partial charge < -0.3 is 14.5 Å². The number of nitrogens with one attached hydrogen (secondary N) is 1. The molecule has 118 valence electrons. The summed E-state index contributed by atoms with van der Waals surface area (Å²) in [6.45, 7) is 0. The SMILES string of the molecule is O=C(O)c1c[nH]c2cc3oc(=O)cc(C(F)(F)F)c3cc2c1=O. The summed E-state index contributed by atoms with van der Waals surface area (Å²) in [6.07, 6.45) is -3.91. The average Bonchev–Trinajstić information content (AvgIpc) is 2.43. The van der Waals surface area contributed by atoms with E-state index in [2.05, 4.69) is 4.98 Å². The lowest BCUT2D eigenvalue weighted by atomic mass is 10.1. The van der Waals surface area contributed by atoms with Crippen molar-refractivity contribution in [1.82, 2.24) is 4.98 Å². The number of H-pyrrole nitrogens is 1. The van der Waals surface area contributed by atoms with Gasteiger partial charge in [0.05, 0.1) is 11.1 Å². The molecule has 2 N–H and O–H groups in total. The largest absolute Gasteiger partial charge is 0.477 e. The van der Waals surface area contributed by atoms with Gasteiger partial charge in [-0.05, 0) is 6.07 Å². The Balaban J connectivity index is 2.52. The summed E-state index contributed by atoms with van der Waals surface area (Å²) in [5.41, 5.74) is -4.30. The fourth-order valence-electron chi connectivity index (χ4n) is 2.27. The van der Waals surface area contributed by atoms with Gasteiger partial charge in [-0.15, -0.1) is 0 Å². The molecule has 1 aromatic carbocycles. The number of hydrogen-bond donors (Lipinski definition) is 2. The number of halogens is 3. The molecule has 2 aromatic heterocycles. The minimum Gasteiger partial charge on any atom is -0.477 e. The van der Waals surface area contributed by atoms with Crippen LogP contribution in [0.15, 0.2) is 38.4 Å². The monoisotopic (exact) mass is 325 g/mol. The van der Waals surface area contributed by atoms with Gasteiger partial charge in [0.25, 0.3) is 0 Å². The molecule has 0 saturated carbocycles. The molecule has 2 heterocycles. The molecule has 0 atom stereocenters. The Morgan fingerprint density at radius 1 is 1.13 bits per heavy atom. The zero-order valence-corrected chi connectivity index (χ0v) is 11.0. The highest BCUT2D eigenvalue weighted by atomic mass is 19.4. The maximum absolute atomic E-state index is 13.0. The first kappa shape index (κ1) is 14.8. The first-order valence-corrected chi connectivity index (χ1v) is 6.12. The van der Waals surface area contributed by atoms with Crippen molar-refractivity contribution in [2.45, 2.75) is 6.18 Å². The number of aromatic carboxylic acids is 1. The Morgan fingerprint density at radius 2 is 1.83 bits per heavy atom. The summed E-state index contributed by atoms with van der Waals surface area (Å²) in [4.78, 5) is 36.8. The van der Waals surface area contributed by atoms with Crippen LogP contribution < -0.4 is 11.1 Å². The number of carbonyl (C=O) groups is 1. The van der Waals surface area contributed by atoms with Crippen molar-refractivity contribution in [3.8, 4) is 0 Å². The number of alkyl halides is 3. The molecule has 0 amide bonds. The highest BCUT2D eigenvalue weighted by molar-refractivity contribution is 5.98. The van der Waals surface area contributed by atoms with Gasteiger partial charge in [0, 0.05) is 29.1 Å². The maximum atomic E-state index is 13.0. The van der Waals surface area contributed by atoms with Crippen LogP contribution in [0.3, 0.4) is 0 Å². The van der Waals surface area contributed by atoms with Crippen LogP contribution in [0.25, 0.3) is 21.9 Å². The van der Waals surface area contributed by atoms with Gasteiger partial charge in [-0.2, -0.15) is 13.2 Å². The number of benzene rings is 1. The van der Waals surface area contributed by atoms with Gasteiger partial charge in [-0.25, -0.2) is 9.59 Å². The number of hydrogen-bond acceptors (Lipinski definition) is 4. The summed E-state index contributed by atoms with van der Waals surface area (Å²) in [6, 6.07) is 2.19. The zero-order valence-electron chi connectivity index (χ0n) is 11.0. The van der Waals surface area contributed by atoms with Gasteiger partial charge in [-0.1, -0.05) is 0 Å². The van der Waals surface area contributed by atoms with Gasteiger partial charge in [0.1, 0.15) is 11.1 Å². The summed E-state index contributed by atoms with van der Waals surface area (Å²) in [5.74, 6) is -1.51. The predicted molar refractivity (Wildman–Crippen MR) is 72.6 cm³/mol. The van der Waals surface area contributed by atoms with Crippen molar-refractivity contribution in [3.05, 3.63) is 56.2 Å². The molecule has 0 unspecified atom stereocenters. The predicted octanol–water partition coefficient (Wildman–Crippen LogP) is 2.35. The Kier molecular flexibility index (Phi) is 3.03. The van der Waals surface area contributed by atoms with E-state index in [0.717, 1.165) is 18.3 Å². The Hall–Kier alpha value is -3.10. The molecular weight excluding hydrogens is 319 g/mol. The molecule has 0 spiro atoms. The van der Waals surface area contributed by atoms with E-state index in [0.29, 0.717) is 0 Å². The van der Waals surface area contributed by atoms with Crippen LogP contribution in [0.1, 0.15) is 15.9 Å². The van der Waals surface area contributed by atoms with Crippen LogP contribution in [-0.2, 0) is 6.18 Å². The van der Waals surface area contributed by atoms with Crippen molar-refractivity contribution >= 4 is 27.8 Å². The molecule has 3 aromatic rings. The van der Waals surface area contributed by atoms with E-state index in [-0.39, 0.29) is 22.6 Å². The molecule has 0 saturated heterocycles. The first-order chi connectivity index (χ1) is 10.7. The van der Waals surface area contributed by atoms with E-state index in [9.17, 15) is 27.6 Å². The average molecular weight is 325 g/mol. The number of rotatable bonds is 1. The summed E-state index contributed by atoms with van der Waals surface area (Å²) < 4.78 is 43.9. The second kappa shape index (κ2) is 4.70. The third-order valence-corrected chi connectivity index (χ3v) is 3.28. The minimum atomic E-state index is -4.83. The smallest absolute Gasteiger partial charge is 0.417 e. The molecule has 0 bridgehead atoms. The van der Waals surface area contributed by atoms with E-state index in [4.69, 9.17) is 9.52 Å². The second-order valence-electron chi connectivity index (χ2n) is 4.71. The Morgan fingerprint density at radius 3 is 2.43 bits per heavy atom. The van der Waals surface area contributed by atoms with Gasteiger partial charge in [-0.3, -0.25) is 4.79 Å². The topological polar surface area (TPSA) is 100 Å². The molecule has 6 nitrogen and oxygen atoms in total. The number of carboxylic acids is 1. The quantitative estimate of drug-likeness (QED) is 0.528. The van der Waals surface area contributed by atoms with Crippen molar-refractivity contribution in [2.75, 3.05) is 0 Å². The minimum absolute atomic E-state index is 0.0509. The fraction of sp³-hybridized carbons (Fsp3) is 0.0714. The molecule has 23 heavy (non-hydrogen) atoms. The van der Waals surface area contributed by atoms with Gasteiger partial charge >= 0.3 is 17.8 Å². The molecule has 0 fully saturated rings. The van der Waals surface area contributed by atoms with Crippen molar-refractivity contribution in [2.24, 2.45) is 0 Å².